The van der Waals surface area contributed by atoms with E-state index in [9.17, 15) is 0 Å². The molecule has 4 radical (unpaired) electrons. The molecule has 0 N–H and O–H groups in total. The van der Waals surface area contributed by atoms with Crippen LogP contribution < -0.4 is 0 Å². The van der Waals surface area contributed by atoms with Crippen LogP contribution in [0.5, 0.6) is 0 Å². The monoisotopic (exact) mass is 146 g/mol. The lowest BCUT2D eigenvalue weighted by Crippen LogP contribution is -2.24. The number of rotatable bonds is 1. The van der Waals surface area contributed by atoms with Crippen molar-refractivity contribution in [2.24, 2.45) is 11.8 Å². The molecule has 0 aromatic heterocycles. The molecule has 1 fully saturated rings. The summed E-state index contributed by atoms with van der Waals surface area (Å²) in [5, 5.41) is -0.356. The Kier molecular flexibility index (Phi) is 2.72. The SMILES string of the molecule is [B]C1([B])CCC(C(C)C)CC1. The van der Waals surface area contributed by atoms with E-state index >= 15 is 0 Å². The Morgan fingerprint density at radius 2 is 1.64 bits per heavy atom. The summed E-state index contributed by atoms with van der Waals surface area (Å²) in [4.78, 5) is 0. The van der Waals surface area contributed by atoms with Crippen LogP contribution in [0.3, 0.4) is 0 Å². The van der Waals surface area contributed by atoms with E-state index in [0.29, 0.717) is 0 Å². The average Bonchev–Trinajstić information content (AvgIpc) is 1.86. The van der Waals surface area contributed by atoms with Crippen LogP contribution in [0.15, 0.2) is 0 Å². The molecule has 0 heterocycles. The first-order valence-electron chi connectivity index (χ1n) is 4.59. The highest BCUT2D eigenvalue weighted by Crippen LogP contribution is 2.41. The summed E-state index contributed by atoms with van der Waals surface area (Å²) < 4.78 is 0. The smallest absolute Gasteiger partial charge is 0.0620 e. The summed E-state index contributed by atoms with van der Waals surface area (Å²) in [5.74, 6) is 1.65. The Labute approximate surface area is 73.0 Å². The van der Waals surface area contributed by atoms with E-state index < -0.39 is 0 Å². The second-order valence-corrected chi connectivity index (χ2v) is 4.31. The summed E-state index contributed by atoms with van der Waals surface area (Å²) in [6.45, 7) is 4.56. The van der Waals surface area contributed by atoms with Gasteiger partial charge in [0.25, 0.3) is 0 Å². The van der Waals surface area contributed by atoms with E-state index in [-0.39, 0.29) is 5.21 Å². The van der Waals surface area contributed by atoms with Crippen LogP contribution in [-0.4, -0.2) is 15.7 Å². The molecule has 2 heteroatoms. The third-order valence-electron chi connectivity index (χ3n) is 2.90. The fraction of sp³-hybridized carbons (Fsp3) is 1.00. The molecule has 0 aromatic rings. The van der Waals surface area contributed by atoms with Crippen molar-refractivity contribution in [1.29, 1.82) is 0 Å². The minimum absolute atomic E-state index is 0.356. The molecule has 0 aromatic carbocycles. The van der Waals surface area contributed by atoms with Gasteiger partial charge in [-0.2, -0.15) is 0 Å². The van der Waals surface area contributed by atoms with E-state index in [0.717, 1.165) is 24.7 Å². The molecule has 1 aliphatic carbocycles. The van der Waals surface area contributed by atoms with Crippen molar-refractivity contribution in [3.8, 4) is 0 Å². The second-order valence-electron chi connectivity index (χ2n) is 4.31. The number of hydrogen-bond donors (Lipinski definition) is 0. The Hall–Kier alpha value is 0.130. The van der Waals surface area contributed by atoms with Crippen LogP contribution in [0.1, 0.15) is 39.5 Å². The van der Waals surface area contributed by atoms with Crippen molar-refractivity contribution in [3.63, 3.8) is 0 Å². The first-order valence-corrected chi connectivity index (χ1v) is 4.59. The van der Waals surface area contributed by atoms with Gasteiger partial charge in [-0.1, -0.05) is 44.7 Å². The molecule has 0 atom stereocenters. The second kappa shape index (κ2) is 3.25. The van der Waals surface area contributed by atoms with Gasteiger partial charge in [0.15, 0.2) is 0 Å². The summed E-state index contributed by atoms with van der Waals surface area (Å²) in [5.41, 5.74) is 0. The minimum Gasteiger partial charge on any atom is -0.0989 e. The van der Waals surface area contributed by atoms with Crippen LogP contribution in [0.4, 0.5) is 0 Å². The Balaban J connectivity index is 2.36. The average molecular weight is 146 g/mol. The van der Waals surface area contributed by atoms with Crippen molar-refractivity contribution in [2.45, 2.75) is 44.7 Å². The highest BCUT2D eigenvalue weighted by molar-refractivity contribution is 6.39. The lowest BCUT2D eigenvalue weighted by Gasteiger charge is -2.36. The maximum absolute atomic E-state index is 5.82. The van der Waals surface area contributed by atoms with Crippen molar-refractivity contribution in [3.05, 3.63) is 0 Å². The quantitative estimate of drug-likeness (QED) is 0.497. The first kappa shape index (κ1) is 9.22. The van der Waals surface area contributed by atoms with Gasteiger partial charge in [0.05, 0.1) is 15.7 Å². The maximum atomic E-state index is 5.82. The molecule has 0 unspecified atom stereocenters. The highest BCUT2D eigenvalue weighted by atomic mass is 14.3. The molecule has 1 saturated carbocycles. The van der Waals surface area contributed by atoms with Gasteiger partial charge in [0.2, 0.25) is 0 Å². The number of hydrogen-bond acceptors (Lipinski definition) is 0. The molecular weight excluding hydrogens is 130 g/mol. The van der Waals surface area contributed by atoms with Crippen molar-refractivity contribution in [1.82, 2.24) is 0 Å². The van der Waals surface area contributed by atoms with Gasteiger partial charge in [-0.15, -0.1) is 0 Å². The van der Waals surface area contributed by atoms with Crippen LogP contribution in [-0.2, 0) is 0 Å². The zero-order chi connectivity index (χ0) is 8.48. The van der Waals surface area contributed by atoms with Crippen LogP contribution in [0, 0.1) is 11.8 Å². The normalized spacial score (nSPS) is 25.7. The third kappa shape index (κ3) is 2.57. The van der Waals surface area contributed by atoms with E-state index in [1.165, 1.54) is 12.8 Å². The molecule has 0 spiro atoms. The van der Waals surface area contributed by atoms with Gasteiger partial charge in [0.1, 0.15) is 0 Å². The molecule has 1 rings (SSSR count). The molecule has 1 aliphatic rings. The van der Waals surface area contributed by atoms with Gasteiger partial charge < -0.3 is 0 Å². The molecule has 0 aliphatic heterocycles. The largest absolute Gasteiger partial charge is 0.0989 e. The molecule has 0 amide bonds. The first-order chi connectivity index (χ1) is 5.01. The topological polar surface area (TPSA) is 0 Å². The zero-order valence-corrected chi connectivity index (χ0v) is 7.64. The Morgan fingerprint density at radius 3 is 2.00 bits per heavy atom. The Bertz CT molecular complexity index is 120. The van der Waals surface area contributed by atoms with Gasteiger partial charge in [0, 0.05) is 0 Å². The van der Waals surface area contributed by atoms with Crippen LogP contribution in [0.25, 0.3) is 0 Å². The lowest BCUT2D eigenvalue weighted by atomic mass is 9.47. The standard InChI is InChI=1S/C9H16B2/c1-7(2)8-3-5-9(10,11)6-4-8/h7-8H,3-6H2,1-2H3. The molecule has 58 valence electrons. The van der Waals surface area contributed by atoms with Gasteiger partial charge in [-0.05, 0) is 11.8 Å². The van der Waals surface area contributed by atoms with Gasteiger partial charge in [-0.3, -0.25) is 0 Å². The van der Waals surface area contributed by atoms with E-state index in [1.54, 1.807) is 0 Å². The van der Waals surface area contributed by atoms with Crippen molar-refractivity contribution >= 4 is 15.7 Å². The highest BCUT2D eigenvalue weighted by Gasteiger charge is 2.27. The maximum Gasteiger partial charge on any atom is 0.0620 e. The van der Waals surface area contributed by atoms with E-state index in [2.05, 4.69) is 13.8 Å². The summed E-state index contributed by atoms with van der Waals surface area (Å²) in [6.07, 6.45) is 4.42. The fourth-order valence-corrected chi connectivity index (χ4v) is 1.84. The molecule has 11 heavy (non-hydrogen) atoms. The van der Waals surface area contributed by atoms with E-state index in [4.69, 9.17) is 15.7 Å². The van der Waals surface area contributed by atoms with Crippen LogP contribution >= 0.6 is 0 Å². The van der Waals surface area contributed by atoms with Gasteiger partial charge >= 0.3 is 0 Å². The fourth-order valence-electron chi connectivity index (χ4n) is 1.84. The van der Waals surface area contributed by atoms with Crippen molar-refractivity contribution in [2.75, 3.05) is 0 Å². The molecule has 0 bridgehead atoms. The lowest BCUT2D eigenvalue weighted by molar-refractivity contribution is 0.267. The minimum atomic E-state index is -0.356. The zero-order valence-electron chi connectivity index (χ0n) is 7.64. The van der Waals surface area contributed by atoms with Crippen LogP contribution in [0.2, 0.25) is 5.21 Å². The predicted octanol–water partition coefficient (Wildman–Crippen LogP) is 2.29. The van der Waals surface area contributed by atoms with Gasteiger partial charge in [-0.25, -0.2) is 0 Å². The molecule has 0 saturated heterocycles. The van der Waals surface area contributed by atoms with E-state index in [1.807, 2.05) is 0 Å². The molecule has 0 nitrogen and oxygen atoms in total. The molecular formula is C9H16B2. The summed E-state index contributed by atoms with van der Waals surface area (Å²) in [7, 11) is 11.6. The third-order valence-corrected chi connectivity index (χ3v) is 2.90. The summed E-state index contributed by atoms with van der Waals surface area (Å²) in [6, 6.07) is 0. The predicted molar refractivity (Wildman–Crippen MR) is 51.0 cm³/mol. The Morgan fingerprint density at radius 1 is 1.18 bits per heavy atom. The van der Waals surface area contributed by atoms with Crippen molar-refractivity contribution < 1.29 is 0 Å². The summed E-state index contributed by atoms with van der Waals surface area (Å²) >= 11 is 0.